The lowest BCUT2D eigenvalue weighted by atomic mass is 9.68. The molecule has 1 nitrogen and oxygen atoms in total. The van der Waals surface area contributed by atoms with Gasteiger partial charge < -0.3 is 4.74 Å². The average Bonchev–Trinajstić information content (AvgIpc) is 2.74. The van der Waals surface area contributed by atoms with Gasteiger partial charge in [-0.15, -0.1) is 0 Å². The Bertz CT molecular complexity index is 619. The SMILES string of the molecule is CCCCCCC(C)Oc1c(F)cc(C2CCC([C@H]3CC[C@H](C)CC3)CC2)cc1F. The van der Waals surface area contributed by atoms with E-state index >= 15 is 0 Å². The lowest BCUT2D eigenvalue weighted by molar-refractivity contribution is 0.164. The second-order valence-electron chi connectivity index (χ2n) is 10.2. The van der Waals surface area contributed by atoms with Crippen LogP contribution in [0.1, 0.15) is 116 Å². The summed E-state index contributed by atoms with van der Waals surface area (Å²) in [6.07, 6.45) is 15.3. The van der Waals surface area contributed by atoms with Crippen molar-refractivity contribution in [2.45, 2.75) is 116 Å². The Morgan fingerprint density at radius 2 is 1.43 bits per heavy atom. The molecule has 2 saturated carbocycles. The lowest BCUT2D eigenvalue weighted by Gasteiger charge is -2.37. The molecule has 0 spiro atoms. The molecule has 1 atom stereocenters. The Balaban J connectivity index is 1.52. The minimum absolute atomic E-state index is 0.162. The van der Waals surface area contributed by atoms with Gasteiger partial charge in [0.05, 0.1) is 6.10 Å². The molecular formula is C27H42F2O. The summed E-state index contributed by atoms with van der Waals surface area (Å²) in [4.78, 5) is 0. The maximum atomic E-state index is 14.7. The monoisotopic (exact) mass is 420 g/mol. The number of halogens is 2. The molecule has 0 aromatic heterocycles. The van der Waals surface area contributed by atoms with E-state index in [9.17, 15) is 8.78 Å². The summed E-state index contributed by atoms with van der Waals surface area (Å²) < 4.78 is 35.1. The minimum atomic E-state index is -0.534. The quantitative estimate of drug-likeness (QED) is 0.363. The Morgan fingerprint density at radius 3 is 2.00 bits per heavy atom. The first-order valence-corrected chi connectivity index (χ1v) is 12.6. The highest BCUT2D eigenvalue weighted by atomic mass is 19.1. The molecule has 2 aliphatic carbocycles. The molecule has 0 bridgehead atoms. The maximum Gasteiger partial charge on any atom is 0.191 e. The topological polar surface area (TPSA) is 9.23 Å². The average molecular weight is 421 g/mol. The molecule has 170 valence electrons. The summed E-state index contributed by atoms with van der Waals surface area (Å²) in [5.74, 6) is 1.62. The molecular weight excluding hydrogens is 378 g/mol. The van der Waals surface area contributed by atoms with Crippen LogP contribution in [-0.2, 0) is 0 Å². The summed E-state index contributed by atoms with van der Waals surface area (Å²) >= 11 is 0. The van der Waals surface area contributed by atoms with Crippen LogP contribution in [0.5, 0.6) is 5.75 Å². The number of ether oxygens (including phenoxy) is 1. The highest BCUT2D eigenvalue weighted by molar-refractivity contribution is 5.33. The van der Waals surface area contributed by atoms with Gasteiger partial charge in [-0.2, -0.15) is 0 Å². The molecule has 0 radical (unpaired) electrons. The molecule has 2 fully saturated rings. The van der Waals surface area contributed by atoms with Crippen molar-refractivity contribution in [1.29, 1.82) is 0 Å². The zero-order valence-electron chi connectivity index (χ0n) is 19.4. The molecule has 0 N–H and O–H groups in total. The van der Waals surface area contributed by atoms with Crippen molar-refractivity contribution in [2.24, 2.45) is 17.8 Å². The molecule has 2 aliphatic rings. The van der Waals surface area contributed by atoms with Crippen LogP contribution in [0.25, 0.3) is 0 Å². The molecule has 3 heteroatoms. The van der Waals surface area contributed by atoms with E-state index in [4.69, 9.17) is 4.74 Å². The van der Waals surface area contributed by atoms with Gasteiger partial charge in [-0.3, -0.25) is 0 Å². The van der Waals surface area contributed by atoms with Crippen molar-refractivity contribution in [1.82, 2.24) is 0 Å². The van der Waals surface area contributed by atoms with Gasteiger partial charge >= 0.3 is 0 Å². The van der Waals surface area contributed by atoms with E-state index in [1.807, 2.05) is 6.92 Å². The fraction of sp³-hybridized carbons (Fsp3) is 0.778. The summed E-state index contributed by atoms with van der Waals surface area (Å²) in [7, 11) is 0. The number of hydrogen-bond acceptors (Lipinski definition) is 1. The zero-order chi connectivity index (χ0) is 21.5. The Morgan fingerprint density at radius 1 is 0.867 bits per heavy atom. The molecule has 3 rings (SSSR count). The van der Waals surface area contributed by atoms with E-state index in [2.05, 4.69) is 13.8 Å². The second-order valence-corrected chi connectivity index (χ2v) is 10.2. The van der Waals surface area contributed by atoms with E-state index < -0.39 is 11.6 Å². The Kier molecular flexibility index (Phi) is 9.01. The summed E-state index contributed by atoms with van der Waals surface area (Å²) in [6.45, 7) is 6.46. The molecule has 1 unspecified atom stereocenters. The fourth-order valence-corrected chi connectivity index (χ4v) is 5.73. The van der Waals surface area contributed by atoms with Crippen LogP contribution in [-0.4, -0.2) is 6.10 Å². The standard InChI is InChI=1S/C27H42F2O/c1-4-5-6-7-8-20(3)30-27-25(28)17-24(18-26(27)29)23-15-13-22(14-16-23)21-11-9-19(2)10-12-21/h17-23H,4-16H2,1-3H3/t19-,20?,21-,22?,23?. The third-order valence-corrected chi connectivity index (χ3v) is 7.77. The van der Waals surface area contributed by atoms with Crippen LogP contribution in [0.3, 0.4) is 0 Å². The van der Waals surface area contributed by atoms with Crippen LogP contribution < -0.4 is 4.74 Å². The number of rotatable bonds is 9. The lowest BCUT2D eigenvalue weighted by Crippen LogP contribution is -2.25. The third-order valence-electron chi connectivity index (χ3n) is 7.77. The molecule has 30 heavy (non-hydrogen) atoms. The van der Waals surface area contributed by atoms with Gasteiger partial charge in [0.25, 0.3) is 0 Å². The van der Waals surface area contributed by atoms with Gasteiger partial charge in [0.2, 0.25) is 0 Å². The fourth-order valence-electron chi connectivity index (χ4n) is 5.73. The van der Waals surface area contributed by atoms with Crippen molar-refractivity contribution in [2.75, 3.05) is 0 Å². The van der Waals surface area contributed by atoms with Crippen LogP contribution in [0.4, 0.5) is 8.78 Å². The van der Waals surface area contributed by atoms with E-state index in [-0.39, 0.29) is 17.8 Å². The van der Waals surface area contributed by atoms with Crippen LogP contribution in [0.2, 0.25) is 0 Å². The van der Waals surface area contributed by atoms with Gasteiger partial charge in [0, 0.05) is 0 Å². The molecule has 0 heterocycles. The molecule has 0 amide bonds. The van der Waals surface area contributed by atoms with E-state index in [1.54, 1.807) is 0 Å². The normalized spacial score (nSPS) is 28.3. The van der Waals surface area contributed by atoms with Crippen LogP contribution in [0.15, 0.2) is 12.1 Å². The van der Waals surface area contributed by atoms with Crippen LogP contribution >= 0.6 is 0 Å². The molecule has 1 aromatic rings. The van der Waals surface area contributed by atoms with Crippen molar-refractivity contribution in [3.8, 4) is 5.75 Å². The highest BCUT2D eigenvalue weighted by Gasteiger charge is 2.31. The largest absolute Gasteiger partial charge is 0.485 e. The van der Waals surface area contributed by atoms with Crippen molar-refractivity contribution in [3.05, 3.63) is 29.3 Å². The number of hydrogen-bond donors (Lipinski definition) is 0. The smallest absolute Gasteiger partial charge is 0.191 e. The summed E-state index contributed by atoms with van der Waals surface area (Å²) in [6, 6.07) is 3.07. The first kappa shape index (κ1) is 23.5. The predicted octanol–water partition coefficient (Wildman–Crippen LogP) is 8.80. The van der Waals surface area contributed by atoms with E-state index in [1.165, 1.54) is 63.5 Å². The summed E-state index contributed by atoms with van der Waals surface area (Å²) in [5, 5.41) is 0. The zero-order valence-corrected chi connectivity index (χ0v) is 19.4. The molecule has 0 aliphatic heterocycles. The second kappa shape index (κ2) is 11.5. The number of unbranched alkanes of at least 4 members (excludes halogenated alkanes) is 3. The Labute approximate surface area is 183 Å². The maximum absolute atomic E-state index is 14.7. The van der Waals surface area contributed by atoms with Crippen LogP contribution in [0, 0.1) is 29.4 Å². The van der Waals surface area contributed by atoms with Crippen molar-refractivity contribution < 1.29 is 13.5 Å². The van der Waals surface area contributed by atoms with E-state index in [0.29, 0.717) is 0 Å². The van der Waals surface area contributed by atoms with Crippen molar-refractivity contribution >= 4 is 0 Å². The van der Waals surface area contributed by atoms with Gasteiger partial charge in [-0.05, 0) is 99.7 Å². The van der Waals surface area contributed by atoms with Gasteiger partial charge in [-0.1, -0.05) is 46.0 Å². The molecule has 1 aromatic carbocycles. The third kappa shape index (κ3) is 6.44. The minimum Gasteiger partial charge on any atom is -0.485 e. The van der Waals surface area contributed by atoms with Gasteiger partial charge in [-0.25, -0.2) is 8.78 Å². The first-order valence-electron chi connectivity index (χ1n) is 12.6. The Hall–Kier alpha value is -1.12. The van der Waals surface area contributed by atoms with Gasteiger partial charge in [0.1, 0.15) is 0 Å². The number of benzene rings is 1. The molecule has 0 saturated heterocycles. The first-order chi connectivity index (χ1) is 14.5. The van der Waals surface area contributed by atoms with E-state index in [0.717, 1.165) is 55.4 Å². The highest BCUT2D eigenvalue weighted by Crippen LogP contribution is 2.44. The summed E-state index contributed by atoms with van der Waals surface area (Å²) in [5.41, 5.74) is 0.823. The van der Waals surface area contributed by atoms with Gasteiger partial charge in [0.15, 0.2) is 17.4 Å². The van der Waals surface area contributed by atoms with Crippen molar-refractivity contribution in [3.63, 3.8) is 0 Å². The predicted molar refractivity (Wildman–Crippen MR) is 121 cm³/mol.